The van der Waals surface area contributed by atoms with Crippen LogP contribution in [0.25, 0.3) is 5.57 Å². The number of hydrogen-bond acceptors (Lipinski definition) is 5. The number of rotatable bonds is 3. The molecule has 0 radical (unpaired) electrons. The minimum atomic E-state index is -1.41. The second-order valence-electron chi connectivity index (χ2n) is 5.70. The summed E-state index contributed by atoms with van der Waals surface area (Å²) in [5.41, 5.74) is 0.0754. The van der Waals surface area contributed by atoms with Crippen LogP contribution in [0.5, 0.6) is 5.75 Å². The minimum Gasteiger partial charge on any atom is -0.511 e. The SMILES string of the molecule is CCc1cc(Cl)cc(OC)c1C1=C(O)C(C)(C)C(O)OC1=O. The summed E-state index contributed by atoms with van der Waals surface area (Å²) in [6, 6.07) is 3.28. The van der Waals surface area contributed by atoms with Gasteiger partial charge in [0.05, 0.1) is 12.5 Å². The van der Waals surface area contributed by atoms with Gasteiger partial charge in [0, 0.05) is 10.6 Å². The number of aryl methyl sites for hydroxylation is 1. The number of ether oxygens (including phenoxy) is 2. The molecule has 0 amide bonds. The van der Waals surface area contributed by atoms with Crippen molar-refractivity contribution in [2.45, 2.75) is 33.5 Å². The summed E-state index contributed by atoms with van der Waals surface area (Å²) in [6.45, 7) is 5.08. The number of methoxy groups -OCH3 is 1. The Bertz CT molecular complexity index is 623. The first kappa shape index (κ1) is 16.6. The predicted molar refractivity (Wildman–Crippen MR) is 82.8 cm³/mol. The van der Waals surface area contributed by atoms with Crippen molar-refractivity contribution in [3.05, 3.63) is 34.0 Å². The van der Waals surface area contributed by atoms with Gasteiger partial charge >= 0.3 is 5.97 Å². The van der Waals surface area contributed by atoms with Crippen molar-refractivity contribution in [2.24, 2.45) is 5.41 Å². The number of carbonyl (C=O) groups is 1. The van der Waals surface area contributed by atoms with Crippen LogP contribution in [-0.4, -0.2) is 29.6 Å². The van der Waals surface area contributed by atoms with Crippen LogP contribution in [0.3, 0.4) is 0 Å². The standard InChI is InChI=1S/C16H19ClO5/c1-5-8-6-9(17)7-10(21-4)11(8)12-13(18)16(2,3)15(20)22-14(12)19/h6-7,15,18,20H,5H2,1-4H3. The van der Waals surface area contributed by atoms with E-state index >= 15 is 0 Å². The number of carbonyl (C=O) groups excluding carboxylic acids is 1. The van der Waals surface area contributed by atoms with Gasteiger partial charge in [-0.15, -0.1) is 0 Å². The van der Waals surface area contributed by atoms with E-state index in [1.807, 2.05) is 6.92 Å². The third-order valence-corrected chi connectivity index (χ3v) is 4.10. The molecule has 2 rings (SSSR count). The van der Waals surface area contributed by atoms with Gasteiger partial charge in [-0.2, -0.15) is 0 Å². The van der Waals surface area contributed by atoms with Crippen LogP contribution in [0.4, 0.5) is 0 Å². The van der Waals surface area contributed by atoms with Gasteiger partial charge < -0.3 is 19.7 Å². The zero-order chi connectivity index (χ0) is 16.7. The summed E-state index contributed by atoms with van der Waals surface area (Å²) >= 11 is 6.06. The summed E-state index contributed by atoms with van der Waals surface area (Å²) < 4.78 is 10.3. The summed E-state index contributed by atoms with van der Waals surface area (Å²) in [5, 5.41) is 20.9. The van der Waals surface area contributed by atoms with Crippen LogP contribution in [0.1, 0.15) is 31.9 Å². The third-order valence-electron chi connectivity index (χ3n) is 3.89. The average Bonchev–Trinajstić information content (AvgIpc) is 2.46. The van der Waals surface area contributed by atoms with E-state index < -0.39 is 17.7 Å². The molecule has 0 saturated heterocycles. The van der Waals surface area contributed by atoms with E-state index in [0.717, 1.165) is 5.56 Å². The quantitative estimate of drug-likeness (QED) is 0.835. The van der Waals surface area contributed by atoms with Gasteiger partial charge in [-0.25, -0.2) is 4.79 Å². The van der Waals surface area contributed by atoms with Crippen molar-refractivity contribution in [2.75, 3.05) is 7.11 Å². The highest BCUT2D eigenvalue weighted by Crippen LogP contribution is 2.43. The van der Waals surface area contributed by atoms with Crippen molar-refractivity contribution in [3.8, 4) is 5.75 Å². The largest absolute Gasteiger partial charge is 0.511 e. The molecule has 0 bridgehead atoms. The number of aliphatic hydroxyl groups excluding tert-OH is 2. The van der Waals surface area contributed by atoms with Crippen LogP contribution < -0.4 is 4.74 Å². The molecule has 22 heavy (non-hydrogen) atoms. The van der Waals surface area contributed by atoms with Crippen molar-refractivity contribution in [3.63, 3.8) is 0 Å². The molecule has 120 valence electrons. The Kier molecular flexibility index (Phi) is 4.40. The molecule has 0 saturated carbocycles. The van der Waals surface area contributed by atoms with Crippen LogP contribution in [0.2, 0.25) is 5.02 Å². The minimum absolute atomic E-state index is 0.000617. The van der Waals surface area contributed by atoms with Crippen LogP contribution in [-0.2, 0) is 16.0 Å². The first-order chi connectivity index (χ1) is 10.2. The molecule has 1 atom stereocenters. The fourth-order valence-corrected chi connectivity index (χ4v) is 2.65. The molecule has 1 aromatic carbocycles. The number of benzene rings is 1. The number of hydrogen-bond donors (Lipinski definition) is 2. The van der Waals surface area contributed by atoms with E-state index in [4.69, 9.17) is 21.1 Å². The van der Waals surface area contributed by atoms with Crippen molar-refractivity contribution in [1.29, 1.82) is 0 Å². The molecule has 1 aromatic rings. The fraction of sp³-hybridized carbons (Fsp3) is 0.438. The summed E-state index contributed by atoms with van der Waals surface area (Å²) in [7, 11) is 1.46. The molecule has 0 aliphatic carbocycles. The van der Waals surface area contributed by atoms with E-state index in [-0.39, 0.29) is 11.3 Å². The summed E-state index contributed by atoms with van der Waals surface area (Å²) in [5.74, 6) is -0.652. The summed E-state index contributed by atoms with van der Waals surface area (Å²) in [6.07, 6.45) is -0.827. The highest BCUT2D eigenvalue weighted by molar-refractivity contribution is 6.31. The Balaban J connectivity index is 2.79. The maximum absolute atomic E-state index is 12.2. The van der Waals surface area contributed by atoms with Gasteiger partial charge in [-0.05, 0) is 38.0 Å². The van der Waals surface area contributed by atoms with Gasteiger partial charge in [0.2, 0.25) is 6.29 Å². The second-order valence-corrected chi connectivity index (χ2v) is 6.14. The number of cyclic esters (lactones) is 1. The maximum atomic E-state index is 12.2. The molecule has 1 aliphatic heterocycles. The molecule has 1 aliphatic rings. The Labute approximate surface area is 134 Å². The van der Waals surface area contributed by atoms with E-state index in [0.29, 0.717) is 22.8 Å². The Morgan fingerprint density at radius 3 is 2.59 bits per heavy atom. The Morgan fingerprint density at radius 1 is 1.41 bits per heavy atom. The Morgan fingerprint density at radius 2 is 2.05 bits per heavy atom. The molecule has 2 N–H and O–H groups in total. The third kappa shape index (κ3) is 2.55. The second kappa shape index (κ2) is 5.82. The molecule has 1 unspecified atom stereocenters. The van der Waals surface area contributed by atoms with Gasteiger partial charge in [-0.3, -0.25) is 0 Å². The molecule has 0 spiro atoms. The van der Waals surface area contributed by atoms with Crippen molar-refractivity contribution >= 4 is 23.1 Å². The van der Waals surface area contributed by atoms with Crippen LogP contribution >= 0.6 is 11.6 Å². The number of halogens is 1. The average molecular weight is 327 g/mol. The number of aliphatic hydroxyl groups is 2. The topological polar surface area (TPSA) is 76.0 Å². The molecule has 0 fully saturated rings. The lowest BCUT2D eigenvalue weighted by Crippen LogP contribution is -2.41. The monoisotopic (exact) mass is 326 g/mol. The van der Waals surface area contributed by atoms with Crippen LogP contribution in [0, 0.1) is 5.41 Å². The molecular formula is C16H19ClO5. The first-order valence-electron chi connectivity index (χ1n) is 6.93. The lowest BCUT2D eigenvalue weighted by atomic mass is 9.82. The van der Waals surface area contributed by atoms with E-state index in [1.54, 1.807) is 26.0 Å². The van der Waals surface area contributed by atoms with Crippen molar-refractivity contribution in [1.82, 2.24) is 0 Å². The molecule has 6 heteroatoms. The fourth-order valence-electron chi connectivity index (χ4n) is 2.42. The zero-order valence-electron chi connectivity index (χ0n) is 12.9. The first-order valence-corrected chi connectivity index (χ1v) is 7.31. The van der Waals surface area contributed by atoms with Gasteiger partial charge in [0.15, 0.2) is 0 Å². The maximum Gasteiger partial charge on any atom is 0.344 e. The highest BCUT2D eigenvalue weighted by Gasteiger charge is 2.45. The molecular weight excluding hydrogens is 308 g/mol. The normalized spacial score (nSPS) is 20.8. The van der Waals surface area contributed by atoms with Gasteiger partial charge in [0.1, 0.15) is 17.1 Å². The van der Waals surface area contributed by atoms with Gasteiger partial charge in [0.25, 0.3) is 0 Å². The van der Waals surface area contributed by atoms with E-state index in [1.165, 1.54) is 7.11 Å². The zero-order valence-corrected chi connectivity index (χ0v) is 13.7. The van der Waals surface area contributed by atoms with Gasteiger partial charge in [-0.1, -0.05) is 18.5 Å². The lowest BCUT2D eigenvalue weighted by molar-refractivity contribution is -0.185. The molecule has 1 heterocycles. The highest BCUT2D eigenvalue weighted by atomic mass is 35.5. The van der Waals surface area contributed by atoms with E-state index in [2.05, 4.69) is 0 Å². The predicted octanol–water partition coefficient (Wildman–Crippen LogP) is 3.08. The summed E-state index contributed by atoms with van der Waals surface area (Å²) in [4.78, 5) is 12.2. The molecule has 5 nitrogen and oxygen atoms in total. The van der Waals surface area contributed by atoms with Crippen LogP contribution in [0.15, 0.2) is 17.9 Å². The molecule has 0 aromatic heterocycles. The van der Waals surface area contributed by atoms with E-state index in [9.17, 15) is 15.0 Å². The lowest BCUT2D eigenvalue weighted by Gasteiger charge is -2.35. The smallest absolute Gasteiger partial charge is 0.344 e. The Hall–Kier alpha value is -1.72. The number of esters is 1. The van der Waals surface area contributed by atoms with Crippen molar-refractivity contribution < 1.29 is 24.5 Å².